The minimum atomic E-state index is -4.15. The predicted molar refractivity (Wildman–Crippen MR) is 84.7 cm³/mol. The van der Waals surface area contributed by atoms with Gasteiger partial charge in [0.1, 0.15) is 12.7 Å². The smallest absolute Gasteiger partial charge is 0.356 e. The van der Waals surface area contributed by atoms with E-state index in [1.54, 1.807) is 12.7 Å². The highest BCUT2D eigenvalue weighted by Crippen LogP contribution is 2.17. The van der Waals surface area contributed by atoms with Crippen molar-refractivity contribution in [2.45, 2.75) is 32.0 Å². The lowest BCUT2D eigenvalue weighted by atomic mass is 10.3. The fraction of sp³-hybridized carbons (Fsp3) is 0.727. The standard InChI is InChI=1S/C11H19F3N6.HI/c1-15-10(17-6-4-11(12,13)14)16-5-2-3-7-20-8-18-19-9-20;/h8-9H,2-7H2,1H3,(H2,15,16,17);1H. The molecule has 1 heterocycles. The van der Waals surface area contributed by atoms with E-state index in [2.05, 4.69) is 25.8 Å². The Bertz CT molecular complexity index is 393. The second kappa shape index (κ2) is 10.6. The van der Waals surface area contributed by atoms with E-state index in [-0.39, 0.29) is 30.5 Å². The molecule has 2 N–H and O–H groups in total. The summed E-state index contributed by atoms with van der Waals surface area (Å²) in [5.41, 5.74) is 0. The van der Waals surface area contributed by atoms with Crippen LogP contribution in [-0.4, -0.2) is 47.0 Å². The molecule has 0 saturated carbocycles. The third-order valence-corrected chi connectivity index (χ3v) is 2.53. The van der Waals surface area contributed by atoms with Crippen molar-refractivity contribution in [1.82, 2.24) is 25.4 Å². The van der Waals surface area contributed by atoms with Gasteiger partial charge in [0.05, 0.1) is 6.42 Å². The highest BCUT2D eigenvalue weighted by molar-refractivity contribution is 14.0. The van der Waals surface area contributed by atoms with E-state index in [1.807, 2.05) is 4.57 Å². The zero-order valence-corrected chi connectivity index (χ0v) is 14.1. The van der Waals surface area contributed by atoms with E-state index >= 15 is 0 Å². The maximum atomic E-state index is 12.0. The quantitative estimate of drug-likeness (QED) is 0.306. The molecule has 6 nitrogen and oxygen atoms in total. The number of unbranched alkanes of at least 4 members (excludes halogenated alkanes) is 1. The molecular formula is C11H20F3IN6. The average molecular weight is 420 g/mol. The number of guanidine groups is 1. The highest BCUT2D eigenvalue weighted by atomic mass is 127. The summed E-state index contributed by atoms with van der Waals surface area (Å²) in [6.07, 6.45) is 0.0604. The second-order valence-corrected chi connectivity index (χ2v) is 4.20. The maximum absolute atomic E-state index is 12.0. The van der Waals surface area contributed by atoms with Crippen molar-refractivity contribution >= 4 is 29.9 Å². The van der Waals surface area contributed by atoms with Gasteiger partial charge in [0.15, 0.2) is 5.96 Å². The summed E-state index contributed by atoms with van der Waals surface area (Å²) in [5.74, 6) is 0.388. The number of nitrogens with zero attached hydrogens (tertiary/aromatic N) is 4. The number of aliphatic imine (C=N–C) groups is 1. The van der Waals surface area contributed by atoms with Gasteiger partial charge in [-0.15, -0.1) is 34.2 Å². The Hall–Kier alpha value is -1.07. The van der Waals surface area contributed by atoms with Crippen LogP contribution < -0.4 is 10.6 Å². The molecule has 0 aromatic carbocycles. The van der Waals surface area contributed by atoms with Gasteiger partial charge in [0.2, 0.25) is 0 Å². The molecule has 0 aliphatic rings. The molecule has 0 bridgehead atoms. The number of rotatable bonds is 7. The van der Waals surface area contributed by atoms with Crippen LogP contribution in [0.4, 0.5) is 13.2 Å². The number of aryl methyl sites for hydroxylation is 1. The molecule has 0 unspecified atom stereocenters. The second-order valence-electron chi connectivity index (χ2n) is 4.20. The van der Waals surface area contributed by atoms with Crippen molar-refractivity contribution in [2.24, 2.45) is 4.99 Å². The minimum Gasteiger partial charge on any atom is -0.356 e. The van der Waals surface area contributed by atoms with E-state index in [9.17, 15) is 13.2 Å². The van der Waals surface area contributed by atoms with E-state index in [0.29, 0.717) is 12.5 Å². The maximum Gasteiger partial charge on any atom is 0.390 e. The van der Waals surface area contributed by atoms with Crippen molar-refractivity contribution < 1.29 is 13.2 Å². The molecule has 0 amide bonds. The van der Waals surface area contributed by atoms with Crippen LogP contribution in [0.5, 0.6) is 0 Å². The van der Waals surface area contributed by atoms with Crippen molar-refractivity contribution in [2.75, 3.05) is 20.1 Å². The lowest BCUT2D eigenvalue weighted by Gasteiger charge is -2.12. The van der Waals surface area contributed by atoms with Crippen molar-refractivity contribution in [3.05, 3.63) is 12.7 Å². The Balaban J connectivity index is 0.00000400. The highest BCUT2D eigenvalue weighted by Gasteiger charge is 2.26. The van der Waals surface area contributed by atoms with Gasteiger partial charge in [0, 0.05) is 26.7 Å². The number of nitrogens with one attached hydrogen (secondary N) is 2. The molecule has 21 heavy (non-hydrogen) atoms. The average Bonchev–Trinajstić information content (AvgIpc) is 2.88. The Morgan fingerprint density at radius 1 is 1.14 bits per heavy atom. The fourth-order valence-corrected chi connectivity index (χ4v) is 1.51. The Kier molecular flexibility index (Phi) is 10.1. The van der Waals surface area contributed by atoms with Crippen LogP contribution in [0.1, 0.15) is 19.3 Å². The summed E-state index contributed by atoms with van der Waals surface area (Å²) in [7, 11) is 1.53. The first-order valence-electron chi connectivity index (χ1n) is 6.35. The van der Waals surface area contributed by atoms with Crippen LogP contribution in [0.15, 0.2) is 17.6 Å². The van der Waals surface area contributed by atoms with Gasteiger partial charge < -0.3 is 15.2 Å². The van der Waals surface area contributed by atoms with E-state index in [0.717, 1.165) is 19.4 Å². The van der Waals surface area contributed by atoms with Crippen LogP contribution in [0.3, 0.4) is 0 Å². The van der Waals surface area contributed by atoms with Gasteiger partial charge in [-0.1, -0.05) is 0 Å². The summed E-state index contributed by atoms with van der Waals surface area (Å²) in [6.45, 7) is 1.28. The van der Waals surface area contributed by atoms with E-state index in [1.165, 1.54) is 7.05 Å². The Morgan fingerprint density at radius 2 is 1.76 bits per heavy atom. The number of alkyl halides is 3. The van der Waals surface area contributed by atoms with Crippen LogP contribution in [0.25, 0.3) is 0 Å². The largest absolute Gasteiger partial charge is 0.390 e. The van der Waals surface area contributed by atoms with Crippen LogP contribution in [0, 0.1) is 0 Å². The van der Waals surface area contributed by atoms with Gasteiger partial charge in [-0.2, -0.15) is 13.2 Å². The van der Waals surface area contributed by atoms with E-state index < -0.39 is 12.6 Å². The number of halogens is 4. The number of hydrogen-bond donors (Lipinski definition) is 2. The first kappa shape index (κ1) is 19.9. The van der Waals surface area contributed by atoms with Crippen LogP contribution in [-0.2, 0) is 6.54 Å². The van der Waals surface area contributed by atoms with Crippen LogP contribution >= 0.6 is 24.0 Å². The van der Waals surface area contributed by atoms with Gasteiger partial charge >= 0.3 is 6.18 Å². The molecule has 0 aliphatic carbocycles. The molecule has 10 heteroatoms. The Morgan fingerprint density at radius 3 is 2.33 bits per heavy atom. The molecule has 0 spiro atoms. The normalized spacial score (nSPS) is 11.9. The topological polar surface area (TPSA) is 67.1 Å². The third-order valence-electron chi connectivity index (χ3n) is 2.53. The van der Waals surface area contributed by atoms with Gasteiger partial charge in [-0.25, -0.2) is 0 Å². The van der Waals surface area contributed by atoms with Crippen molar-refractivity contribution in [1.29, 1.82) is 0 Å². The monoisotopic (exact) mass is 420 g/mol. The van der Waals surface area contributed by atoms with Gasteiger partial charge in [0.25, 0.3) is 0 Å². The first-order valence-corrected chi connectivity index (χ1v) is 6.35. The summed E-state index contributed by atoms with van der Waals surface area (Å²) in [6, 6.07) is 0. The molecule has 0 fully saturated rings. The molecule has 1 aromatic heterocycles. The first-order chi connectivity index (χ1) is 9.51. The molecule has 0 radical (unpaired) electrons. The number of hydrogen-bond acceptors (Lipinski definition) is 3. The lowest BCUT2D eigenvalue weighted by molar-refractivity contribution is -0.132. The zero-order valence-electron chi connectivity index (χ0n) is 11.7. The summed E-state index contributed by atoms with van der Waals surface area (Å²) >= 11 is 0. The van der Waals surface area contributed by atoms with Crippen molar-refractivity contribution in [3.63, 3.8) is 0 Å². The third kappa shape index (κ3) is 10.3. The molecule has 0 saturated heterocycles. The molecular weight excluding hydrogens is 400 g/mol. The SMILES string of the molecule is CN=C(NCCCCn1cnnc1)NCCC(F)(F)F.I. The van der Waals surface area contributed by atoms with Crippen molar-refractivity contribution in [3.8, 4) is 0 Å². The summed E-state index contributed by atoms with van der Waals surface area (Å²) in [4.78, 5) is 3.86. The van der Waals surface area contributed by atoms with Crippen LogP contribution in [0.2, 0.25) is 0 Å². The van der Waals surface area contributed by atoms with E-state index in [4.69, 9.17) is 0 Å². The van der Waals surface area contributed by atoms with Gasteiger partial charge in [-0.3, -0.25) is 4.99 Å². The summed E-state index contributed by atoms with van der Waals surface area (Å²) in [5, 5.41) is 13.0. The molecule has 122 valence electrons. The number of aromatic nitrogens is 3. The molecule has 0 aliphatic heterocycles. The fourth-order valence-electron chi connectivity index (χ4n) is 1.51. The van der Waals surface area contributed by atoms with Gasteiger partial charge in [-0.05, 0) is 12.8 Å². The predicted octanol–water partition coefficient (Wildman–Crippen LogP) is 1.79. The molecule has 0 atom stereocenters. The Labute approximate surface area is 138 Å². The summed E-state index contributed by atoms with van der Waals surface area (Å²) < 4.78 is 37.8. The molecule has 1 aromatic rings. The minimum absolute atomic E-state index is 0. The lowest BCUT2D eigenvalue weighted by Crippen LogP contribution is -2.39. The molecule has 1 rings (SSSR count). The zero-order chi connectivity index (χ0) is 14.8.